The highest BCUT2D eigenvalue weighted by Gasteiger charge is 2.36. The van der Waals surface area contributed by atoms with Crippen molar-refractivity contribution in [3.8, 4) is 22.5 Å². The third kappa shape index (κ3) is 31.8. The number of benzene rings is 4. The van der Waals surface area contributed by atoms with Crippen molar-refractivity contribution in [1.29, 1.82) is 0 Å². The van der Waals surface area contributed by atoms with Gasteiger partial charge >= 0.3 is 5.97 Å². The summed E-state index contributed by atoms with van der Waals surface area (Å²) >= 11 is 0.915. The average molecular weight is 1610 g/mol. The molecule has 111 heavy (non-hydrogen) atoms. The van der Waals surface area contributed by atoms with Gasteiger partial charge in [0, 0.05) is 115 Å². The van der Waals surface area contributed by atoms with Crippen LogP contribution in [0.3, 0.4) is 0 Å². The molecule has 10 amide bonds. The molecule has 0 saturated heterocycles. The summed E-state index contributed by atoms with van der Waals surface area (Å²) in [6.07, 6.45) is 0.680. The van der Waals surface area contributed by atoms with Gasteiger partial charge in [0.1, 0.15) is 43.2 Å². The van der Waals surface area contributed by atoms with Gasteiger partial charge in [0.2, 0.25) is 47.3 Å². The fourth-order valence-electron chi connectivity index (χ4n) is 10.3. The number of nitrogens with one attached hydrogen (secondary N) is 10. The number of fused-ring (bicyclic) bond motifs is 2. The lowest BCUT2D eigenvalue weighted by Gasteiger charge is -2.22. The number of hydrogen-bond donors (Lipinski definition) is 14. The number of esters is 1. The van der Waals surface area contributed by atoms with E-state index in [-0.39, 0.29) is 114 Å². The first-order valence-electron chi connectivity index (χ1n) is 34.6. The molecule has 40 nitrogen and oxygen atoms in total. The number of ether oxygens (including phenoxy) is 5. The highest BCUT2D eigenvalue weighted by atomic mass is 32.2. The number of nitrogens with zero attached hydrogens (tertiary/aromatic N) is 4. The number of thioether (sulfide) groups is 1. The standard InChI is InChI=1S/C68H92N16O24S3/c1-5-72-50-31-53-47(29-41(50)3)62(48-30-42(4)51(73-6-2)32-54(48)108-53)45-11-7-8-12-46(45)68(95)106-37-58(86)78-33-55(110(96,97)98)67(94)79-34-56(111(99,100)101)66(93)77-20-19-76-64(91)43-14-16-44(17-15-43)81-61(89)40-109-39-52(63(69)90)83-65(92)49(13-9-10-18-74-59(87)38-107-71)82-60(88)36-105-28-25-102-23-21-75-57(85)35-104-27-26-103-24-22-80-84-70/h7-8,11-12,14-17,29-32,49,52,55-56,72H,5-6,9-10,13,18-28,33-40,71H2,1-4H3,(H2,69,90)(H,74,87)(H,75,85)(H,76,91)(H,77,93)(H,78,86)(H,79,94)(H,81,89)(H,82,88)(H,83,92)(H,96,97,98)(H,99,100,101)/t49-,52-,55?,56?/m0/s1. The summed E-state index contributed by atoms with van der Waals surface area (Å²) in [5.41, 5.74) is 18.8. The van der Waals surface area contributed by atoms with E-state index in [9.17, 15) is 78.7 Å². The van der Waals surface area contributed by atoms with E-state index < -0.39 is 141 Å². The normalized spacial score (nSPS) is 12.6. The smallest absolute Gasteiger partial charge is 0.339 e. The number of carbonyl (C=O) groups is 11. The summed E-state index contributed by atoms with van der Waals surface area (Å²) in [6.45, 7) is 4.62. The molecule has 5 rings (SSSR count). The average Bonchev–Trinajstić information content (AvgIpc) is 0.740. The van der Waals surface area contributed by atoms with Crippen LogP contribution in [0.5, 0.6) is 0 Å². The second-order valence-electron chi connectivity index (χ2n) is 24.0. The number of rotatable bonds is 51. The van der Waals surface area contributed by atoms with E-state index in [0.717, 1.165) is 28.6 Å². The van der Waals surface area contributed by atoms with Crippen LogP contribution in [0.1, 0.15) is 65.0 Å². The molecule has 3 aromatic carbocycles. The number of aryl methyl sites for hydroxylation is 2. The summed E-state index contributed by atoms with van der Waals surface area (Å²) in [5.74, 6) is -4.86. The molecule has 0 saturated carbocycles. The van der Waals surface area contributed by atoms with Gasteiger partial charge in [0.15, 0.2) is 17.1 Å². The zero-order chi connectivity index (χ0) is 81.5. The maximum atomic E-state index is 13.9. The highest BCUT2D eigenvalue weighted by molar-refractivity contribution is 8.00. The first kappa shape index (κ1) is 91.2. The zero-order valence-electron chi connectivity index (χ0n) is 61.3. The Kier molecular flexibility index (Phi) is 39.1. The second kappa shape index (κ2) is 47.6. The number of amides is 10. The van der Waals surface area contributed by atoms with Crippen LogP contribution in [0.4, 0.5) is 11.4 Å². The van der Waals surface area contributed by atoms with Gasteiger partial charge in [-0.15, -0.1) is 11.8 Å². The number of nitrogens with two attached hydrogens (primary N) is 2. The van der Waals surface area contributed by atoms with Crippen LogP contribution in [-0.4, -0.2) is 250 Å². The molecular formula is C68H92N16O24S3. The molecule has 0 spiro atoms. The Morgan fingerprint density at radius 1 is 0.631 bits per heavy atom. The molecule has 2 aliphatic rings. The monoisotopic (exact) mass is 1610 g/mol. The summed E-state index contributed by atoms with van der Waals surface area (Å²) < 4.78 is 103. The fourth-order valence-corrected chi connectivity index (χ4v) is 12.5. The summed E-state index contributed by atoms with van der Waals surface area (Å²) in [6, 6.07) is 16.7. The highest BCUT2D eigenvalue weighted by Crippen LogP contribution is 2.43. The van der Waals surface area contributed by atoms with Gasteiger partial charge in [-0.3, -0.25) is 66.9 Å². The van der Waals surface area contributed by atoms with Gasteiger partial charge in [-0.05, 0) is 112 Å². The Bertz CT molecular complexity index is 4380. The molecule has 43 heteroatoms. The fraction of sp³-hybridized carbons (Fsp3) is 0.471. The summed E-state index contributed by atoms with van der Waals surface area (Å²) in [4.78, 5) is 153. The maximum absolute atomic E-state index is 13.9. The molecule has 0 bridgehead atoms. The maximum Gasteiger partial charge on any atom is 0.339 e. The molecule has 0 radical (unpaired) electrons. The summed E-state index contributed by atoms with van der Waals surface area (Å²) in [5, 5.41) is 24.3. The van der Waals surface area contributed by atoms with Gasteiger partial charge in [-0.1, -0.05) is 23.3 Å². The molecule has 1 aliphatic heterocycles. The van der Waals surface area contributed by atoms with Crippen LogP contribution in [0, 0.1) is 13.8 Å². The van der Waals surface area contributed by atoms with Crippen molar-refractivity contribution in [3.63, 3.8) is 0 Å². The topological polar surface area (TPSA) is 598 Å². The molecule has 16 N–H and O–H groups in total. The number of unbranched alkanes of at least 4 members (excludes halogenated alkanes) is 1. The Balaban J connectivity index is 1.05. The largest absolute Gasteiger partial charge is 0.456 e. The van der Waals surface area contributed by atoms with Crippen molar-refractivity contribution < 1.29 is 112 Å². The minimum Gasteiger partial charge on any atom is -0.456 e. The van der Waals surface area contributed by atoms with Crippen molar-refractivity contribution in [2.45, 2.75) is 69.5 Å². The first-order valence-corrected chi connectivity index (χ1v) is 38.7. The van der Waals surface area contributed by atoms with E-state index in [1.54, 1.807) is 18.2 Å². The van der Waals surface area contributed by atoms with E-state index in [0.29, 0.717) is 64.7 Å². The van der Waals surface area contributed by atoms with Crippen LogP contribution < -0.4 is 70.2 Å². The molecule has 606 valence electrons. The SMILES string of the molecule is CCN=c1cc2oc3cc(NCC)c(C)cc3c(-c3ccccc3C(=O)OCC(=O)NCC(C(=O)NCC(C(=O)NCCNC(=O)c3ccc(NC(=O)CSC[C@H](NC(=O)[C@H](CCCCNC(=O)CON)NC(=O)COCCOCCNC(=O)COCCOCCN=[N+]=[N-])C(N)=O)cc3)S(=O)(=O)O)S(=O)(=O)O)c-2cc1C. The molecule has 4 atom stereocenters. The van der Waals surface area contributed by atoms with Gasteiger partial charge in [0.05, 0.1) is 56.3 Å². The van der Waals surface area contributed by atoms with Gasteiger partial charge < -0.3 is 87.0 Å². The molecule has 2 unspecified atom stereocenters. The van der Waals surface area contributed by atoms with E-state index in [1.807, 2.05) is 57.3 Å². The van der Waals surface area contributed by atoms with E-state index in [2.05, 4.69) is 67.7 Å². The number of azide groups is 1. The van der Waals surface area contributed by atoms with Crippen LogP contribution in [-0.2, 0) is 91.9 Å². The number of hydrogen-bond acceptors (Lipinski definition) is 27. The number of carbonyl (C=O) groups excluding carboxylic acids is 11. The Morgan fingerprint density at radius 3 is 1.93 bits per heavy atom. The van der Waals surface area contributed by atoms with Crippen LogP contribution in [0.25, 0.3) is 43.9 Å². The minimum absolute atomic E-state index is 0.0266. The van der Waals surface area contributed by atoms with Crippen molar-refractivity contribution in [2.24, 2.45) is 21.7 Å². The van der Waals surface area contributed by atoms with Crippen molar-refractivity contribution >= 4 is 119 Å². The van der Waals surface area contributed by atoms with Crippen molar-refractivity contribution in [2.75, 3.05) is 147 Å². The predicted molar refractivity (Wildman–Crippen MR) is 403 cm³/mol. The summed E-state index contributed by atoms with van der Waals surface area (Å²) in [7, 11) is -10.8. The first-order chi connectivity index (χ1) is 53.0. The van der Waals surface area contributed by atoms with E-state index in [4.69, 9.17) is 45.3 Å². The molecule has 0 fully saturated rings. The van der Waals surface area contributed by atoms with Crippen molar-refractivity contribution in [1.82, 2.24) is 42.5 Å². The van der Waals surface area contributed by atoms with E-state index >= 15 is 0 Å². The lowest BCUT2D eigenvalue weighted by atomic mass is 9.89. The minimum atomic E-state index is -5.40. The quantitative estimate of drug-likeness (QED) is 0.00338. The van der Waals surface area contributed by atoms with Gasteiger partial charge in [0.25, 0.3) is 32.1 Å². The zero-order valence-corrected chi connectivity index (χ0v) is 63.7. The molecule has 1 heterocycles. The number of anilines is 2. The predicted octanol–water partition coefficient (Wildman–Crippen LogP) is -0.582. The Labute approximate surface area is 642 Å². The van der Waals surface area contributed by atoms with Gasteiger partial charge in [-0.25, -0.2) is 10.7 Å². The van der Waals surface area contributed by atoms with Gasteiger partial charge in [-0.2, -0.15) is 16.8 Å². The lowest BCUT2D eigenvalue weighted by Crippen LogP contribution is -2.54. The van der Waals surface area contributed by atoms with Crippen molar-refractivity contribution in [3.05, 3.63) is 111 Å². The van der Waals surface area contributed by atoms with Crippen LogP contribution in [0.2, 0.25) is 0 Å². The Hall–Kier alpha value is -10.4. The van der Waals surface area contributed by atoms with E-state index in [1.165, 1.54) is 30.3 Å². The Morgan fingerprint density at radius 2 is 1.26 bits per heavy atom. The van der Waals surface area contributed by atoms with Crippen LogP contribution >= 0.6 is 11.8 Å². The molecule has 3 aromatic rings. The molecular weight excluding hydrogens is 1520 g/mol. The second-order valence-corrected chi connectivity index (χ2v) is 28.2. The number of primary amides is 1. The third-order valence-corrected chi connectivity index (χ3v) is 18.9. The third-order valence-electron chi connectivity index (χ3n) is 15.7. The molecule has 1 aliphatic carbocycles. The molecule has 0 aromatic heterocycles. The lowest BCUT2D eigenvalue weighted by molar-refractivity contribution is -0.133. The van der Waals surface area contributed by atoms with Crippen LogP contribution in [0.15, 0.2) is 87.3 Å².